The van der Waals surface area contributed by atoms with Crippen LogP contribution >= 0.6 is 11.6 Å². The van der Waals surface area contributed by atoms with E-state index in [0.717, 1.165) is 0 Å². The first-order valence-corrected chi connectivity index (χ1v) is 6.78. The Morgan fingerprint density at radius 1 is 1.55 bits per heavy atom. The van der Waals surface area contributed by atoms with Gasteiger partial charge in [-0.2, -0.15) is 0 Å². The molecule has 0 aromatic heterocycles. The van der Waals surface area contributed by atoms with Crippen molar-refractivity contribution in [2.75, 3.05) is 6.54 Å². The third-order valence-electron chi connectivity index (χ3n) is 2.94. The zero-order valence-electron chi connectivity index (χ0n) is 11.9. The highest BCUT2D eigenvalue weighted by atomic mass is 35.5. The predicted molar refractivity (Wildman–Crippen MR) is 80.2 cm³/mol. The van der Waals surface area contributed by atoms with E-state index in [9.17, 15) is 9.18 Å². The average molecular weight is 299 g/mol. The summed E-state index contributed by atoms with van der Waals surface area (Å²) in [5.41, 5.74) is 5.43. The van der Waals surface area contributed by atoms with Crippen LogP contribution in [0.4, 0.5) is 4.39 Å². The molecule has 0 aliphatic carbocycles. The zero-order chi connectivity index (χ0) is 15.3. The van der Waals surface area contributed by atoms with Gasteiger partial charge < -0.3 is 11.1 Å². The lowest BCUT2D eigenvalue weighted by molar-refractivity contribution is -0.116. The molecular weight excluding hydrogens is 279 g/mol. The maximum atomic E-state index is 14.0. The molecule has 3 nitrogen and oxygen atoms in total. The Morgan fingerprint density at radius 3 is 2.80 bits per heavy atom. The Hall–Kier alpha value is -1.39. The molecule has 1 aromatic rings. The summed E-state index contributed by atoms with van der Waals surface area (Å²) >= 11 is 5.78. The summed E-state index contributed by atoms with van der Waals surface area (Å²) in [4.78, 5) is 11.6. The number of hydrogen-bond acceptors (Lipinski definition) is 2. The SMILES string of the molecule is CC(N)/C=C/C(=O)NCC(C)(C)c1cccc(Cl)c1F. The monoisotopic (exact) mass is 298 g/mol. The Labute approximate surface area is 124 Å². The van der Waals surface area contributed by atoms with Crippen LogP contribution in [0.25, 0.3) is 0 Å². The first-order chi connectivity index (χ1) is 9.24. The van der Waals surface area contributed by atoms with Gasteiger partial charge in [0.2, 0.25) is 5.91 Å². The van der Waals surface area contributed by atoms with Crippen molar-refractivity contribution in [2.24, 2.45) is 5.73 Å². The van der Waals surface area contributed by atoms with Crippen molar-refractivity contribution in [1.29, 1.82) is 0 Å². The molecule has 0 saturated heterocycles. The maximum Gasteiger partial charge on any atom is 0.243 e. The number of amides is 1. The molecule has 0 aliphatic rings. The smallest absolute Gasteiger partial charge is 0.243 e. The Kier molecular flexibility index (Phi) is 5.72. The third-order valence-corrected chi connectivity index (χ3v) is 3.23. The minimum atomic E-state index is -0.563. The standard InChI is InChI=1S/C15H20ClFN2O/c1-10(18)7-8-13(20)19-9-15(2,3)11-5-4-6-12(16)14(11)17/h4-8,10H,9,18H2,1-3H3,(H,19,20)/b8-7+. The molecule has 20 heavy (non-hydrogen) atoms. The Morgan fingerprint density at radius 2 is 2.20 bits per heavy atom. The number of nitrogens with two attached hydrogens (primary N) is 1. The molecule has 3 N–H and O–H groups in total. The van der Waals surface area contributed by atoms with Crippen molar-refractivity contribution >= 4 is 17.5 Å². The van der Waals surface area contributed by atoms with Gasteiger partial charge >= 0.3 is 0 Å². The maximum absolute atomic E-state index is 14.0. The lowest BCUT2D eigenvalue weighted by Gasteiger charge is -2.26. The molecule has 1 unspecified atom stereocenters. The van der Waals surface area contributed by atoms with Crippen LogP contribution in [0.3, 0.4) is 0 Å². The fourth-order valence-electron chi connectivity index (χ4n) is 1.73. The minimum absolute atomic E-state index is 0.0822. The average Bonchev–Trinajstić information content (AvgIpc) is 2.37. The molecule has 1 amide bonds. The van der Waals surface area contributed by atoms with E-state index >= 15 is 0 Å². The summed E-state index contributed by atoms with van der Waals surface area (Å²) in [6.45, 7) is 5.76. The minimum Gasteiger partial charge on any atom is -0.352 e. The van der Waals surface area contributed by atoms with Crippen LogP contribution in [-0.2, 0) is 10.2 Å². The van der Waals surface area contributed by atoms with Gasteiger partial charge in [-0.25, -0.2) is 4.39 Å². The highest BCUT2D eigenvalue weighted by molar-refractivity contribution is 6.30. The molecule has 0 radical (unpaired) electrons. The second kappa shape index (κ2) is 6.86. The molecule has 1 atom stereocenters. The summed E-state index contributed by atoms with van der Waals surface area (Å²) in [5.74, 6) is -0.697. The number of benzene rings is 1. The van der Waals surface area contributed by atoms with Gasteiger partial charge in [0.1, 0.15) is 5.82 Å². The van der Waals surface area contributed by atoms with Gasteiger partial charge in [0.25, 0.3) is 0 Å². The first-order valence-electron chi connectivity index (χ1n) is 6.40. The predicted octanol–water partition coefficient (Wildman–Crippen LogP) is 2.78. The summed E-state index contributed by atoms with van der Waals surface area (Å²) in [6, 6.07) is 4.69. The Bertz CT molecular complexity index is 513. The van der Waals surface area contributed by atoms with Crippen LogP contribution in [0.1, 0.15) is 26.3 Å². The van der Waals surface area contributed by atoms with Crippen LogP contribution in [0.2, 0.25) is 5.02 Å². The van der Waals surface area contributed by atoms with E-state index in [0.29, 0.717) is 12.1 Å². The van der Waals surface area contributed by atoms with Gasteiger partial charge in [-0.15, -0.1) is 0 Å². The quantitative estimate of drug-likeness (QED) is 0.821. The largest absolute Gasteiger partial charge is 0.352 e. The van der Waals surface area contributed by atoms with Gasteiger partial charge in [-0.05, 0) is 18.6 Å². The molecule has 1 aromatic carbocycles. The molecule has 0 bridgehead atoms. The summed E-state index contributed by atoms with van der Waals surface area (Å²) < 4.78 is 14.0. The van der Waals surface area contributed by atoms with Gasteiger partial charge in [-0.3, -0.25) is 4.79 Å². The van der Waals surface area contributed by atoms with Crippen LogP contribution < -0.4 is 11.1 Å². The number of carbonyl (C=O) groups excluding carboxylic acids is 1. The number of carbonyl (C=O) groups is 1. The molecule has 1 rings (SSSR count). The van der Waals surface area contributed by atoms with E-state index in [1.807, 2.05) is 13.8 Å². The van der Waals surface area contributed by atoms with E-state index < -0.39 is 11.2 Å². The van der Waals surface area contributed by atoms with Gasteiger partial charge in [0.15, 0.2) is 0 Å². The van der Waals surface area contributed by atoms with Crippen LogP contribution in [0.5, 0.6) is 0 Å². The van der Waals surface area contributed by atoms with Gasteiger partial charge in [0, 0.05) is 24.1 Å². The topological polar surface area (TPSA) is 55.1 Å². The van der Waals surface area contributed by atoms with Crippen molar-refractivity contribution in [3.05, 3.63) is 46.8 Å². The van der Waals surface area contributed by atoms with Crippen molar-refractivity contribution in [2.45, 2.75) is 32.2 Å². The second-order valence-electron chi connectivity index (χ2n) is 5.42. The number of nitrogens with one attached hydrogen (secondary N) is 1. The number of rotatable bonds is 5. The first kappa shape index (κ1) is 16.7. The van der Waals surface area contributed by atoms with E-state index in [4.69, 9.17) is 17.3 Å². The highest BCUT2D eigenvalue weighted by Gasteiger charge is 2.25. The lowest BCUT2D eigenvalue weighted by atomic mass is 9.84. The van der Waals surface area contributed by atoms with Crippen LogP contribution in [0, 0.1) is 5.82 Å². The molecule has 0 spiro atoms. The molecule has 0 heterocycles. The second-order valence-corrected chi connectivity index (χ2v) is 5.83. The number of halogens is 2. The molecule has 5 heteroatoms. The third kappa shape index (κ3) is 4.62. The summed E-state index contributed by atoms with van der Waals surface area (Å²) in [7, 11) is 0. The van der Waals surface area contributed by atoms with Crippen molar-refractivity contribution in [3.8, 4) is 0 Å². The van der Waals surface area contributed by atoms with Crippen molar-refractivity contribution < 1.29 is 9.18 Å². The normalized spacial score (nSPS) is 13.5. The Balaban J connectivity index is 2.75. The van der Waals surface area contributed by atoms with E-state index in [1.54, 1.807) is 25.1 Å². The lowest BCUT2D eigenvalue weighted by Crippen LogP contribution is -2.36. The summed E-state index contributed by atoms with van der Waals surface area (Å²) in [6.07, 6.45) is 2.98. The molecule has 0 fully saturated rings. The van der Waals surface area contributed by atoms with Gasteiger partial charge in [-0.1, -0.05) is 43.7 Å². The van der Waals surface area contributed by atoms with E-state index in [-0.39, 0.29) is 17.0 Å². The molecule has 110 valence electrons. The van der Waals surface area contributed by atoms with Crippen LogP contribution in [0.15, 0.2) is 30.4 Å². The van der Waals surface area contributed by atoms with Gasteiger partial charge in [0.05, 0.1) is 5.02 Å². The zero-order valence-corrected chi connectivity index (χ0v) is 12.7. The molecule has 0 saturated carbocycles. The molecule has 0 aliphatic heterocycles. The van der Waals surface area contributed by atoms with E-state index in [1.165, 1.54) is 12.1 Å². The van der Waals surface area contributed by atoms with Crippen LogP contribution in [-0.4, -0.2) is 18.5 Å². The van der Waals surface area contributed by atoms with E-state index in [2.05, 4.69) is 5.32 Å². The summed E-state index contributed by atoms with van der Waals surface area (Å²) in [5, 5.41) is 2.81. The van der Waals surface area contributed by atoms with Crippen molar-refractivity contribution in [3.63, 3.8) is 0 Å². The van der Waals surface area contributed by atoms with Crippen molar-refractivity contribution in [1.82, 2.24) is 5.32 Å². The molecular formula is C15H20ClFN2O. The fraction of sp³-hybridized carbons (Fsp3) is 0.400. The fourth-order valence-corrected chi connectivity index (χ4v) is 1.90. The number of hydrogen-bond donors (Lipinski definition) is 2. The highest BCUT2D eigenvalue weighted by Crippen LogP contribution is 2.28.